The molecule has 0 atom stereocenters. The van der Waals surface area contributed by atoms with Crippen LogP contribution in [0.5, 0.6) is 5.75 Å². The second kappa shape index (κ2) is 6.53. The van der Waals surface area contributed by atoms with E-state index in [-0.39, 0.29) is 18.3 Å². The standard InChI is InChI=1S/C14H16N2O4S/c1-9(17)15-14-16(7-6-13(18)20-3)11-5-4-10(19-2)8-12(11)21-14/h4-5,8H,6-7H2,1-3H3. The molecule has 2 rings (SSSR count). The molecule has 0 saturated heterocycles. The minimum absolute atomic E-state index is 0.222. The summed E-state index contributed by atoms with van der Waals surface area (Å²) in [4.78, 5) is 27.2. The maximum Gasteiger partial charge on any atom is 0.307 e. The minimum atomic E-state index is -0.302. The van der Waals surface area contributed by atoms with Crippen LogP contribution in [-0.2, 0) is 20.9 Å². The van der Waals surface area contributed by atoms with Gasteiger partial charge in [0.1, 0.15) is 5.75 Å². The number of hydrogen-bond acceptors (Lipinski definition) is 5. The molecule has 0 aliphatic rings. The summed E-state index contributed by atoms with van der Waals surface area (Å²) in [5.41, 5.74) is 0.907. The second-order valence-electron chi connectivity index (χ2n) is 4.33. The van der Waals surface area contributed by atoms with Gasteiger partial charge in [-0.25, -0.2) is 0 Å². The molecule has 2 aromatic rings. The zero-order valence-electron chi connectivity index (χ0n) is 12.1. The Morgan fingerprint density at radius 1 is 1.33 bits per heavy atom. The zero-order valence-corrected chi connectivity index (χ0v) is 12.9. The van der Waals surface area contributed by atoms with Crippen LogP contribution in [0.25, 0.3) is 10.2 Å². The van der Waals surface area contributed by atoms with Gasteiger partial charge in [0.25, 0.3) is 0 Å². The molecule has 6 nitrogen and oxygen atoms in total. The van der Waals surface area contributed by atoms with Crippen LogP contribution in [0.4, 0.5) is 0 Å². The fourth-order valence-corrected chi connectivity index (χ4v) is 3.05. The molecule has 0 saturated carbocycles. The van der Waals surface area contributed by atoms with E-state index in [9.17, 15) is 9.59 Å². The molecular weight excluding hydrogens is 292 g/mol. The van der Waals surface area contributed by atoms with Crippen molar-refractivity contribution >= 4 is 33.4 Å². The van der Waals surface area contributed by atoms with Crippen molar-refractivity contribution in [2.75, 3.05) is 14.2 Å². The highest BCUT2D eigenvalue weighted by Gasteiger charge is 2.10. The lowest BCUT2D eigenvalue weighted by molar-refractivity contribution is -0.140. The van der Waals surface area contributed by atoms with E-state index >= 15 is 0 Å². The first kappa shape index (κ1) is 15.2. The van der Waals surface area contributed by atoms with E-state index in [1.54, 1.807) is 7.11 Å². The van der Waals surface area contributed by atoms with E-state index in [2.05, 4.69) is 9.73 Å². The molecular formula is C14H16N2O4S. The van der Waals surface area contributed by atoms with E-state index in [0.29, 0.717) is 11.3 Å². The van der Waals surface area contributed by atoms with Crippen LogP contribution in [-0.4, -0.2) is 30.7 Å². The predicted molar refractivity (Wildman–Crippen MR) is 79.2 cm³/mol. The third kappa shape index (κ3) is 3.49. The monoisotopic (exact) mass is 308 g/mol. The van der Waals surface area contributed by atoms with Crippen molar-refractivity contribution in [1.29, 1.82) is 0 Å². The Hall–Kier alpha value is -2.15. The normalized spacial score (nSPS) is 11.7. The van der Waals surface area contributed by atoms with Crippen molar-refractivity contribution in [2.24, 2.45) is 4.99 Å². The Morgan fingerprint density at radius 2 is 2.10 bits per heavy atom. The molecule has 1 amide bonds. The number of rotatable bonds is 4. The number of aryl methyl sites for hydroxylation is 1. The molecule has 0 radical (unpaired) electrons. The number of esters is 1. The van der Waals surface area contributed by atoms with Gasteiger partial charge in [-0.05, 0) is 18.2 Å². The number of aromatic nitrogens is 1. The summed E-state index contributed by atoms with van der Waals surface area (Å²) in [6, 6.07) is 5.61. The summed E-state index contributed by atoms with van der Waals surface area (Å²) in [5.74, 6) is 0.155. The molecule has 0 aliphatic carbocycles. The summed E-state index contributed by atoms with van der Waals surface area (Å²) in [7, 11) is 2.95. The van der Waals surface area contributed by atoms with Gasteiger partial charge < -0.3 is 14.0 Å². The first-order valence-corrected chi connectivity index (χ1v) is 7.16. The molecule has 0 unspecified atom stereocenters. The lowest BCUT2D eigenvalue weighted by Gasteiger charge is -2.05. The smallest absolute Gasteiger partial charge is 0.307 e. The van der Waals surface area contributed by atoms with Crippen molar-refractivity contribution < 1.29 is 19.1 Å². The van der Waals surface area contributed by atoms with Crippen molar-refractivity contribution in [2.45, 2.75) is 19.9 Å². The van der Waals surface area contributed by atoms with Crippen LogP contribution >= 0.6 is 11.3 Å². The van der Waals surface area contributed by atoms with Crippen LogP contribution < -0.4 is 9.54 Å². The van der Waals surface area contributed by atoms with Gasteiger partial charge in [-0.1, -0.05) is 11.3 Å². The predicted octanol–water partition coefficient (Wildman–Crippen LogP) is 1.72. The maximum atomic E-state index is 11.3. The van der Waals surface area contributed by atoms with Crippen LogP contribution in [0.1, 0.15) is 13.3 Å². The van der Waals surface area contributed by atoms with Crippen molar-refractivity contribution in [3.05, 3.63) is 23.0 Å². The average molecular weight is 308 g/mol. The summed E-state index contributed by atoms with van der Waals surface area (Å²) < 4.78 is 12.6. The highest BCUT2D eigenvalue weighted by Crippen LogP contribution is 2.23. The van der Waals surface area contributed by atoms with E-state index in [0.717, 1.165) is 16.0 Å². The SMILES string of the molecule is COC(=O)CCn1c(=NC(C)=O)sc2cc(OC)ccc21. The lowest BCUT2D eigenvalue weighted by atomic mass is 10.3. The fourth-order valence-electron chi connectivity index (χ4n) is 1.92. The number of hydrogen-bond donors (Lipinski definition) is 0. The van der Waals surface area contributed by atoms with E-state index < -0.39 is 0 Å². The fraction of sp³-hybridized carbons (Fsp3) is 0.357. The molecule has 0 bridgehead atoms. The van der Waals surface area contributed by atoms with Crippen LogP contribution in [0.3, 0.4) is 0 Å². The van der Waals surface area contributed by atoms with E-state index in [4.69, 9.17) is 4.74 Å². The van der Waals surface area contributed by atoms with Crippen molar-refractivity contribution in [3.8, 4) is 5.75 Å². The van der Waals surface area contributed by atoms with Gasteiger partial charge in [0.15, 0.2) is 4.80 Å². The highest BCUT2D eigenvalue weighted by atomic mass is 32.1. The van der Waals surface area contributed by atoms with Crippen LogP contribution in [0, 0.1) is 0 Å². The Balaban J connectivity index is 2.53. The van der Waals surface area contributed by atoms with Gasteiger partial charge >= 0.3 is 5.97 Å². The quantitative estimate of drug-likeness (QED) is 0.806. The van der Waals surface area contributed by atoms with E-state index in [1.165, 1.54) is 25.4 Å². The second-order valence-corrected chi connectivity index (χ2v) is 5.34. The molecule has 0 aliphatic heterocycles. The van der Waals surface area contributed by atoms with Gasteiger partial charge in [0.2, 0.25) is 5.91 Å². The lowest BCUT2D eigenvalue weighted by Crippen LogP contribution is -2.18. The van der Waals surface area contributed by atoms with Crippen molar-refractivity contribution in [1.82, 2.24) is 4.57 Å². The number of methoxy groups -OCH3 is 2. The zero-order chi connectivity index (χ0) is 15.4. The largest absolute Gasteiger partial charge is 0.497 e. The molecule has 7 heteroatoms. The topological polar surface area (TPSA) is 69.9 Å². The first-order valence-electron chi connectivity index (χ1n) is 6.34. The summed E-state index contributed by atoms with van der Waals surface area (Å²) in [5, 5.41) is 0. The molecule has 112 valence electrons. The number of carbonyl (C=O) groups is 2. The van der Waals surface area contributed by atoms with Crippen molar-refractivity contribution in [3.63, 3.8) is 0 Å². The van der Waals surface area contributed by atoms with Crippen LogP contribution in [0.15, 0.2) is 23.2 Å². The number of fused-ring (bicyclic) bond motifs is 1. The van der Waals surface area contributed by atoms with Gasteiger partial charge in [0.05, 0.1) is 30.9 Å². The highest BCUT2D eigenvalue weighted by molar-refractivity contribution is 7.16. The Labute approximate surface area is 125 Å². The third-order valence-electron chi connectivity index (χ3n) is 2.91. The molecule has 21 heavy (non-hydrogen) atoms. The van der Waals surface area contributed by atoms with Gasteiger partial charge in [-0.15, -0.1) is 0 Å². The summed E-state index contributed by atoms with van der Waals surface area (Å²) in [6.45, 7) is 1.81. The molecule has 1 aromatic heterocycles. The Bertz CT molecular complexity index is 745. The number of thiazole rings is 1. The Kier molecular flexibility index (Phi) is 4.74. The summed E-state index contributed by atoms with van der Waals surface area (Å²) >= 11 is 1.38. The molecule has 0 fully saturated rings. The number of amides is 1. The number of carbonyl (C=O) groups excluding carboxylic acids is 2. The number of nitrogens with zero attached hydrogens (tertiary/aromatic N) is 2. The first-order chi connectivity index (χ1) is 10.0. The van der Waals surface area contributed by atoms with Gasteiger partial charge in [-0.2, -0.15) is 4.99 Å². The average Bonchev–Trinajstić information content (AvgIpc) is 2.79. The molecule has 0 spiro atoms. The van der Waals surface area contributed by atoms with Gasteiger partial charge in [0, 0.05) is 13.5 Å². The molecule has 1 heterocycles. The number of ether oxygens (including phenoxy) is 2. The Morgan fingerprint density at radius 3 is 2.71 bits per heavy atom. The molecule has 1 aromatic carbocycles. The third-order valence-corrected chi connectivity index (χ3v) is 3.95. The summed E-state index contributed by atoms with van der Waals surface area (Å²) in [6.07, 6.45) is 0.222. The molecule has 0 N–H and O–H groups in total. The van der Waals surface area contributed by atoms with Crippen LogP contribution in [0.2, 0.25) is 0 Å². The maximum absolute atomic E-state index is 11.3. The number of benzene rings is 1. The minimum Gasteiger partial charge on any atom is -0.497 e. The van der Waals surface area contributed by atoms with Gasteiger partial charge in [-0.3, -0.25) is 9.59 Å². The van der Waals surface area contributed by atoms with E-state index in [1.807, 2.05) is 22.8 Å².